The summed E-state index contributed by atoms with van der Waals surface area (Å²) in [5, 5.41) is 9.93. The molecule has 13 heteroatoms. The second-order valence-electron chi connectivity index (χ2n) is 15.5. The van der Waals surface area contributed by atoms with Gasteiger partial charge in [0.1, 0.15) is 17.2 Å². The Kier molecular flexibility index (Phi) is 32.6. The van der Waals surface area contributed by atoms with Gasteiger partial charge in [0, 0.05) is 49.0 Å². The number of hydrogen-bond acceptors (Lipinski definition) is 6. The van der Waals surface area contributed by atoms with E-state index >= 15 is 0 Å². The largest absolute Gasteiger partial charge is 0.507 e. The normalized spacial score (nSPS) is 11.1. The molecule has 0 saturated carbocycles. The molecule has 56 heavy (non-hydrogen) atoms. The minimum atomic E-state index is -2.64. The van der Waals surface area contributed by atoms with Gasteiger partial charge in [-0.2, -0.15) is 0 Å². The number of rotatable bonds is 12. The molecule has 7 nitrogen and oxygen atoms in total. The number of phenols is 1. The Morgan fingerprint density at radius 1 is 0.571 bits per heavy atom. The van der Waals surface area contributed by atoms with Crippen molar-refractivity contribution in [3.8, 4) is 17.2 Å². The quantitative estimate of drug-likeness (QED) is 0.0612. The molecule has 0 heterocycles. The molecule has 0 aliphatic heterocycles. The van der Waals surface area contributed by atoms with Crippen molar-refractivity contribution in [2.45, 2.75) is 119 Å². The summed E-state index contributed by atoms with van der Waals surface area (Å²) in [5.41, 5.74) is 6.90. The fourth-order valence-corrected chi connectivity index (χ4v) is 5.49. The number of halogens is 3. The van der Waals surface area contributed by atoms with Gasteiger partial charge < -0.3 is 19.5 Å². The first kappa shape index (κ1) is 59.8. The zero-order valence-corrected chi connectivity index (χ0v) is 43.5. The summed E-state index contributed by atoms with van der Waals surface area (Å²) < 4.78 is 38.6. The van der Waals surface area contributed by atoms with Crippen LogP contribution in [0.1, 0.15) is 152 Å². The van der Waals surface area contributed by atoms with Crippen LogP contribution in [0.2, 0.25) is 0 Å². The van der Waals surface area contributed by atoms with E-state index in [2.05, 4.69) is 142 Å². The number of alkyl halides is 3. The molecule has 0 bridgehead atoms. The predicted octanol–water partition coefficient (Wildman–Crippen LogP) is 15.1. The van der Waals surface area contributed by atoms with Crippen LogP contribution in [-0.4, -0.2) is 53.4 Å². The van der Waals surface area contributed by atoms with Gasteiger partial charge in [0.2, 0.25) is 0 Å². The van der Waals surface area contributed by atoms with Crippen molar-refractivity contribution in [1.29, 1.82) is 0 Å². The Bertz CT molecular complexity index is 1520. The summed E-state index contributed by atoms with van der Waals surface area (Å²) in [6.07, 6.45) is 0. The molecule has 0 amide bonds. The number of hydrogen-bond donors (Lipinski definition) is 2. The number of para-hydroxylation sites is 3. The fraction of sp³-hybridized carbons (Fsp3) is 0.581. The standard InChI is InChI=1S/C15H25O3P.C13H19ClO.C12H18O.C2H7O2P.CH2ClI.Ag/c1-11(2)13-8-7-9-14(12(3)4)15(13)17-10-18-19(5,6)16;1-9(2)11-6-5-7-12(10(3)4)13(11)15-8-14;1-8(2)10-6-5-7-11(9(3)4)12(10)13;1-5(2,3)4;2-1-3;/h7-9,11-12H,10H2,1-6H3;5-7,9-10H,8H2,1-4H3;5-9,13H,1-4H3;1-2H3,(H,3,4);1H2;. The molecule has 0 aromatic heterocycles. The van der Waals surface area contributed by atoms with Crippen molar-refractivity contribution in [1.82, 2.24) is 0 Å². The Labute approximate surface area is 380 Å². The van der Waals surface area contributed by atoms with E-state index in [0.29, 0.717) is 45.1 Å². The maximum Gasteiger partial charge on any atom is 0.200 e. The summed E-state index contributed by atoms with van der Waals surface area (Å²) in [5.74, 6) is 4.78. The molecule has 0 aliphatic carbocycles. The average molecular weight is 1070 g/mol. The van der Waals surface area contributed by atoms with E-state index in [1.165, 1.54) is 24.5 Å². The monoisotopic (exact) mass is 1070 g/mol. The van der Waals surface area contributed by atoms with Gasteiger partial charge in [-0.1, -0.05) is 172 Å². The van der Waals surface area contributed by atoms with E-state index in [0.717, 1.165) is 33.8 Å². The van der Waals surface area contributed by atoms with Crippen molar-refractivity contribution >= 4 is 60.5 Å². The van der Waals surface area contributed by atoms with Crippen LogP contribution in [0.15, 0.2) is 54.6 Å². The molecule has 0 aliphatic rings. The number of ether oxygens (including phenoxy) is 2. The first-order valence-electron chi connectivity index (χ1n) is 18.7. The second kappa shape index (κ2) is 30.5. The second-order valence-corrected chi connectivity index (χ2v) is 23.0. The van der Waals surface area contributed by atoms with Crippen molar-refractivity contribution < 1.29 is 55.5 Å². The van der Waals surface area contributed by atoms with Gasteiger partial charge in [0.05, 0.1) is 3.89 Å². The van der Waals surface area contributed by atoms with E-state index in [9.17, 15) is 14.2 Å². The van der Waals surface area contributed by atoms with Gasteiger partial charge in [0.15, 0.2) is 27.6 Å². The van der Waals surface area contributed by atoms with Crippen LogP contribution in [0.5, 0.6) is 17.2 Å². The third-order valence-electron chi connectivity index (χ3n) is 7.75. The van der Waals surface area contributed by atoms with Crippen LogP contribution in [0, 0.1) is 0 Å². The van der Waals surface area contributed by atoms with E-state index < -0.39 is 14.7 Å². The topological polar surface area (TPSA) is 102 Å². The van der Waals surface area contributed by atoms with Crippen LogP contribution >= 0.6 is 60.5 Å². The minimum absolute atomic E-state index is 0. The molecular formula is C43H71AgCl2IO7P2. The molecule has 0 saturated heterocycles. The van der Waals surface area contributed by atoms with E-state index in [-0.39, 0.29) is 35.2 Å². The van der Waals surface area contributed by atoms with Crippen LogP contribution in [0.4, 0.5) is 0 Å². The van der Waals surface area contributed by atoms with Crippen molar-refractivity contribution in [3.63, 3.8) is 0 Å². The first-order chi connectivity index (χ1) is 25.2. The molecule has 3 aromatic rings. The molecule has 2 N–H and O–H groups in total. The molecule has 0 fully saturated rings. The zero-order valence-electron chi connectivity index (χ0n) is 36.5. The number of aromatic hydroxyl groups is 1. The first-order valence-corrected chi connectivity index (χ1v) is 26.4. The zero-order chi connectivity index (χ0) is 43.3. The van der Waals surface area contributed by atoms with Gasteiger partial charge in [-0.3, -0.25) is 13.7 Å². The Morgan fingerprint density at radius 3 is 1.02 bits per heavy atom. The summed E-state index contributed by atoms with van der Waals surface area (Å²) in [6.45, 7) is 31.4. The van der Waals surface area contributed by atoms with E-state index in [1.807, 2.05) is 18.2 Å². The minimum Gasteiger partial charge on any atom is -0.507 e. The van der Waals surface area contributed by atoms with E-state index in [1.54, 1.807) is 13.3 Å². The summed E-state index contributed by atoms with van der Waals surface area (Å²) in [7, 11) is -5.14. The summed E-state index contributed by atoms with van der Waals surface area (Å²) in [4.78, 5) is 8.08. The molecule has 3 rings (SSSR count). The molecule has 1 radical (unpaired) electrons. The maximum absolute atomic E-state index is 11.5. The van der Waals surface area contributed by atoms with Gasteiger partial charge in [0.25, 0.3) is 0 Å². The number of phenolic OH excluding ortho intramolecular Hbond substituents is 1. The van der Waals surface area contributed by atoms with Gasteiger partial charge in [-0.15, -0.1) is 11.6 Å². The summed E-state index contributed by atoms with van der Waals surface area (Å²) in [6, 6.07) is 18.7. The molecule has 0 unspecified atom stereocenters. The third-order valence-corrected chi connectivity index (χ3v) is 8.58. The molecule has 3 aromatic carbocycles. The predicted molar refractivity (Wildman–Crippen MR) is 249 cm³/mol. The SMILES string of the molecule is CC(C)c1cccc(C(C)C)c1O.CC(C)c1cccc(C(C)C)c1OCCl.CC(C)c1cccc(C(C)C)c1OCOP(C)(C)=O.CP(C)(=O)O.ClCI.[Ag]. The Balaban J connectivity index is -0.000000688. The van der Waals surface area contributed by atoms with Gasteiger partial charge >= 0.3 is 0 Å². The molecular weight excluding hydrogens is 996 g/mol. The number of benzene rings is 3. The van der Waals surface area contributed by atoms with Crippen LogP contribution in [0.3, 0.4) is 0 Å². The Hall–Kier alpha value is -0.510. The smallest absolute Gasteiger partial charge is 0.200 e. The molecule has 0 spiro atoms. The van der Waals surface area contributed by atoms with E-state index in [4.69, 9.17) is 42.1 Å². The Morgan fingerprint density at radius 2 is 0.804 bits per heavy atom. The van der Waals surface area contributed by atoms with Gasteiger partial charge in [-0.05, 0) is 68.9 Å². The van der Waals surface area contributed by atoms with Crippen molar-refractivity contribution in [3.05, 3.63) is 88.0 Å². The molecule has 0 atom stereocenters. The summed E-state index contributed by atoms with van der Waals surface area (Å²) >= 11 is 12.7. The van der Waals surface area contributed by atoms with Crippen molar-refractivity contribution in [2.24, 2.45) is 0 Å². The third kappa shape index (κ3) is 25.9. The van der Waals surface area contributed by atoms with Crippen LogP contribution < -0.4 is 9.47 Å². The van der Waals surface area contributed by atoms with Crippen LogP contribution in [-0.2, 0) is 36.0 Å². The average Bonchev–Trinajstić information content (AvgIpc) is 3.04. The van der Waals surface area contributed by atoms with Crippen LogP contribution in [0.25, 0.3) is 0 Å². The molecule has 327 valence electrons. The maximum atomic E-state index is 11.5. The fourth-order valence-electron chi connectivity index (χ4n) is 5.08. The van der Waals surface area contributed by atoms with Gasteiger partial charge in [-0.25, -0.2) is 0 Å². The van der Waals surface area contributed by atoms with Crippen molar-refractivity contribution in [2.75, 3.05) is 43.4 Å².